The average molecular weight is 530 g/mol. The molecule has 1 unspecified atom stereocenters. The Kier molecular flexibility index (Phi) is 8.31. The van der Waals surface area contributed by atoms with Crippen LogP contribution in [0.5, 0.6) is 0 Å². The molecule has 4 rings (SSSR count). The Balaban J connectivity index is 1.44. The molecule has 3 aromatic rings. The minimum atomic E-state index is -3.30. The highest BCUT2D eigenvalue weighted by Crippen LogP contribution is 2.24. The number of carbonyl (C=O) groups is 3. The molecule has 1 saturated heterocycles. The number of hydrogen-bond donors (Lipinski definition) is 3. The number of hydrogen-bond acceptors (Lipinski definition) is 5. The van der Waals surface area contributed by atoms with Gasteiger partial charge in [-0.2, -0.15) is 8.78 Å². The van der Waals surface area contributed by atoms with Crippen LogP contribution >= 0.6 is 0 Å². The number of benzene rings is 2. The largest absolute Gasteiger partial charge is 0.472 e. The van der Waals surface area contributed by atoms with Gasteiger partial charge in [0.25, 0.3) is 5.91 Å². The minimum absolute atomic E-state index is 0.159. The normalized spacial score (nSPS) is 15.8. The molecule has 200 valence electrons. The van der Waals surface area contributed by atoms with E-state index in [0.29, 0.717) is 25.3 Å². The molecule has 4 amide bonds. The first kappa shape index (κ1) is 26.7. The second-order valence-electron chi connectivity index (χ2n) is 8.89. The van der Waals surface area contributed by atoms with Gasteiger partial charge in [0.15, 0.2) is 0 Å². The second kappa shape index (κ2) is 11.8. The highest BCUT2D eigenvalue weighted by molar-refractivity contribution is 5.95. The molecule has 1 fully saturated rings. The summed E-state index contributed by atoms with van der Waals surface area (Å²) in [7, 11) is 1.91. The number of piperazine rings is 1. The monoisotopic (exact) mass is 529 g/mol. The van der Waals surface area contributed by atoms with Crippen molar-refractivity contribution >= 4 is 23.5 Å². The van der Waals surface area contributed by atoms with Crippen LogP contribution in [-0.4, -0.2) is 66.8 Å². The van der Waals surface area contributed by atoms with Crippen LogP contribution in [0.25, 0.3) is 11.1 Å². The number of hydrazine groups is 1. The third kappa shape index (κ3) is 6.51. The highest BCUT2D eigenvalue weighted by Gasteiger charge is 2.30. The fourth-order valence-electron chi connectivity index (χ4n) is 4.21. The Hall–Kier alpha value is -4.32. The van der Waals surface area contributed by atoms with Crippen LogP contribution in [0, 0.1) is 5.82 Å². The second-order valence-corrected chi connectivity index (χ2v) is 8.89. The van der Waals surface area contributed by atoms with E-state index in [9.17, 15) is 27.6 Å². The third-order valence-corrected chi connectivity index (χ3v) is 6.18. The average Bonchev–Trinajstić information content (AvgIpc) is 3.43. The molecule has 3 N–H and O–H groups in total. The zero-order valence-electron chi connectivity index (χ0n) is 20.4. The van der Waals surface area contributed by atoms with Gasteiger partial charge in [-0.05, 0) is 54.9 Å². The smallest absolute Gasteiger partial charge is 0.322 e. The minimum Gasteiger partial charge on any atom is -0.472 e. The molecule has 0 aliphatic carbocycles. The van der Waals surface area contributed by atoms with Crippen LogP contribution < -0.4 is 16.2 Å². The molecule has 1 atom stereocenters. The summed E-state index contributed by atoms with van der Waals surface area (Å²) >= 11 is 0. The van der Waals surface area contributed by atoms with E-state index in [1.165, 1.54) is 12.1 Å². The van der Waals surface area contributed by atoms with Crippen LogP contribution in [0.15, 0.2) is 65.5 Å². The van der Waals surface area contributed by atoms with Crippen molar-refractivity contribution < 1.29 is 32.0 Å². The molecule has 38 heavy (non-hydrogen) atoms. The molecule has 0 radical (unpaired) electrons. The molecule has 12 heteroatoms. The van der Waals surface area contributed by atoms with E-state index >= 15 is 0 Å². The van der Waals surface area contributed by atoms with Crippen molar-refractivity contribution in [2.24, 2.45) is 0 Å². The number of rotatable bonds is 6. The van der Waals surface area contributed by atoms with Gasteiger partial charge < -0.3 is 19.5 Å². The summed E-state index contributed by atoms with van der Waals surface area (Å²) in [6.45, 7) is 1.58. The zero-order valence-corrected chi connectivity index (χ0v) is 20.4. The molecule has 1 aliphatic rings. The number of nitrogens with zero attached hydrogens (tertiary/aromatic N) is 2. The fraction of sp³-hybridized carbons (Fsp3) is 0.269. The van der Waals surface area contributed by atoms with Gasteiger partial charge in [0.05, 0.1) is 18.6 Å². The van der Waals surface area contributed by atoms with Gasteiger partial charge in [-0.15, -0.1) is 0 Å². The summed E-state index contributed by atoms with van der Waals surface area (Å²) in [6, 6.07) is 12.2. The summed E-state index contributed by atoms with van der Waals surface area (Å²) in [5.41, 5.74) is 5.86. The standard InChI is InChI=1S/C26H26F3N5O4/c1-33-8-9-34(26(37)30-20-4-2-3-16(11-20)19-7-10-38-15-19)21(14-33)12-17-5-6-18(13-22(17)27)24(35)31-32-25(36)23(28)29/h2-7,10-11,13,15,21,23H,8-9,12,14H2,1H3,(H,30,37)(H,31,35)(H,32,36). The van der Waals surface area contributed by atoms with E-state index in [1.54, 1.807) is 28.9 Å². The van der Waals surface area contributed by atoms with Crippen LogP contribution in [0.4, 0.5) is 23.7 Å². The first-order chi connectivity index (χ1) is 18.2. The Morgan fingerprint density at radius 3 is 2.58 bits per heavy atom. The number of urea groups is 1. The summed E-state index contributed by atoms with van der Waals surface area (Å²) in [6.07, 6.45) is 0.0606. The molecule has 0 bridgehead atoms. The maximum absolute atomic E-state index is 14.9. The molecule has 9 nitrogen and oxygen atoms in total. The first-order valence-corrected chi connectivity index (χ1v) is 11.8. The van der Waals surface area contributed by atoms with Crippen molar-refractivity contribution in [3.8, 4) is 11.1 Å². The van der Waals surface area contributed by atoms with Gasteiger partial charge in [-0.1, -0.05) is 18.2 Å². The van der Waals surface area contributed by atoms with Crippen LogP contribution in [0.1, 0.15) is 15.9 Å². The molecule has 1 aliphatic heterocycles. The third-order valence-electron chi connectivity index (χ3n) is 6.18. The molecular formula is C26H26F3N5O4. The van der Waals surface area contributed by atoms with E-state index in [0.717, 1.165) is 17.2 Å². The van der Waals surface area contributed by atoms with Crippen molar-refractivity contribution in [1.29, 1.82) is 0 Å². The fourth-order valence-corrected chi connectivity index (χ4v) is 4.21. The van der Waals surface area contributed by atoms with Gasteiger partial charge in [0, 0.05) is 36.4 Å². The van der Waals surface area contributed by atoms with Gasteiger partial charge in [-0.25, -0.2) is 9.18 Å². The van der Waals surface area contributed by atoms with Gasteiger partial charge >= 0.3 is 18.4 Å². The molecule has 2 aromatic carbocycles. The topological polar surface area (TPSA) is 107 Å². The van der Waals surface area contributed by atoms with Crippen LogP contribution in [0.2, 0.25) is 0 Å². The number of halogens is 3. The Morgan fingerprint density at radius 1 is 1.05 bits per heavy atom. The van der Waals surface area contributed by atoms with E-state index in [-0.39, 0.29) is 29.6 Å². The van der Waals surface area contributed by atoms with Crippen molar-refractivity contribution in [2.45, 2.75) is 18.9 Å². The Bertz CT molecular complexity index is 1300. The number of furan rings is 1. The maximum Gasteiger partial charge on any atom is 0.322 e. The maximum atomic E-state index is 14.9. The Labute approximate surface area is 216 Å². The van der Waals surface area contributed by atoms with E-state index in [4.69, 9.17) is 4.42 Å². The van der Waals surface area contributed by atoms with E-state index in [2.05, 4.69) is 5.32 Å². The Morgan fingerprint density at radius 2 is 1.87 bits per heavy atom. The predicted octanol–water partition coefficient (Wildman–Crippen LogP) is 3.50. The summed E-state index contributed by atoms with van der Waals surface area (Å²) in [5.74, 6) is -3.32. The van der Waals surface area contributed by atoms with Gasteiger partial charge in [0.2, 0.25) is 0 Å². The van der Waals surface area contributed by atoms with E-state index < -0.39 is 24.1 Å². The van der Waals surface area contributed by atoms with Crippen molar-refractivity contribution in [2.75, 3.05) is 32.0 Å². The number of amides is 4. The first-order valence-electron chi connectivity index (χ1n) is 11.8. The van der Waals surface area contributed by atoms with Crippen molar-refractivity contribution in [3.05, 3.63) is 78.0 Å². The number of nitrogens with one attached hydrogen (secondary N) is 3. The predicted molar refractivity (Wildman–Crippen MR) is 133 cm³/mol. The number of anilines is 1. The van der Waals surface area contributed by atoms with Crippen LogP contribution in [0.3, 0.4) is 0 Å². The number of likely N-dealkylation sites (N-methyl/N-ethyl adjacent to an activating group) is 1. The van der Waals surface area contributed by atoms with Crippen LogP contribution in [-0.2, 0) is 11.2 Å². The summed E-state index contributed by atoms with van der Waals surface area (Å²) in [4.78, 5) is 39.9. The summed E-state index contributed by atoms with van der Waals surface area (Å²) in [5, 5.41) is 2.92. The van der Waals surface area contributed by atoms with Gasteiger partial charge in [0.1, 0.15) is 5.82 Å². The molecule has 0 saturated carbocycles. The summed E-state index contributed by atoms with van der Waals surface area (Å²) < 4.78 is 44.6. The molecule has 1 aromatic heterocycles. The van der Waals surface area contributed by atoms with Crippen molar-refractivity contribution in [3.63, 3.8) is 0 Å². The quantitative estimate of drug-likeness (QED) is 0.424. The lowest BCUT2D eigenvalue weighted by molar-refractivity contribution is -0.132. The molecular weight excluding hydrogens is 503 g/mol. The lowest BCUT2D eigenvalue weighted by Crippen LogP contribution is -2.56. The van der Waals surface area contributed by atoms with Gasteiger partial charge in [-0.3, -0.25) is 20.4 Å². The zero-order chi connectivity index (χ0) is 27.2. The van der Waals surface area contributed by atoms with Crippen molar-refractivity contribution in [1.82, 2.24) is 20.7 Å². The van der Waals surface area contributed by atoms with E-state index in [1.807, 2.05) is 41.6 Å². The lowest BCUT2D eigenvalue weighted by Gasteiger charge is -2.40. The molecule has 2 heterocycles. The number of carbonyl (C=O) groups excluding carboxylic acids is 3. The SMILES string of the molecule is CN1CCN(C(=O)Nc2cccc(-c3ccoc3)c2)C(Cc2ccc(C(=O)NNC(=O)C(F)F)cc2F)C1. The molecule has 0 spiro atoms. The number of alkyl halides is 2. The highest BCUT2D eigenvalue weighted by atomic mass is 19.3. The lowest BCUT2D eigenvalue weighted by atomic mass is 10.0.